The summed E-state index contributed by atoms with van der Waals surface area (Å²) in [7, 11) is 1.98. The number of carbonyl (C=O) groups excluding carboxylic acids is 1. The normalized spacial score (nSPS) is 22.1. The van der Waals surface area contributed by atoms with Crippen molar-refractivity contribution in [3.63, 3.8) is 0 Å². The molecule has 1 aliphatic heterocycles. The Morgan fingerprint density at radius 1 is 1.31 bits per heavy atom. The van der Waals surface area contributed by atoms with Crippen LogP contribution in [0.25, 0.3) is 0 Å². The van der Waals surface area contributed by atoms with Crippen molar-refractivity contribution in [3.05, 3.63) is 47.8 Å². The fraction of sp³-hybridized carbons (Fsp3) is 0.550. The molecule has 2 heterocycles. The average molecular weight is 356 g/mol. The highest BCUT2D eigenvalue weighted by atomic mass is 19.1. The zero-order chi connectivity index (χ0) is 18.1. The first-order chi connectivity index (χ1) is 12.6. The largest absolute Gasteiger partial charge is 0.341 e. The van der Waals surface area contributed by atoms with Crippen molar-refractivity contribution >= 4 is 5.91 Å². The van der Waals surface area contributed by atoms with Crippen LogP contribution in [0.5, 0.6) is 0 Å². The van der Waals surface area contributed by atoms with Crippen LogP contribution in [-0.2, 0) is 18.3 Å². The number of hydrogen-bond acceptors (Lipinski definition) is 3. The third-order valence-electron chi connectivity index (χ3n) is 6.15. The van der Waals surface area contributed by atoms with Gasteiger partial charge >= 0.3 is 0 Å². The summed E-state index contributed by atoms with van der Waals surface area (Å²) < 4.78 is 15.4. The Labute approximate surface area is 153 Å². The molecule has 2 aliphatic rings. The Hall–Kier alpha value is -2.24. The quantitative estimate of drug-likeness (QED) is 0.849. The molecule has 1 saturated heterocycles. The van der Waals surface area contributed by atoms with E-state index in [-0.39, 0.29) is 29.5 Å². The van der Waals surface area contributed by atoms with Crippen LogP contribution in [0.3, 0.4) is 0 Å². The van der Waals surface area contributed by atoms with Crippen LogP contribution >= 0.6 is 0 Å². The van der Waals surface area contributed by atoms with Gasteiger partial charge < -0.3 is 9.47 Å². The number of benzene rings is 1. The van der Waals surface area contributed by atoms with E-state index in [2.05, 4.69) is 10.2 Å². The van der Waals surface area contributed by atoms with Crippen molar-refractivity contribution in [2.24, 2.45) is 12.5 Å². The molecule has 1 aromatic carbocycles. The van der Waals surface area contributed by atoms with E-state index in [9.17, 15) is 9.18 Å². The van der Waals surface area contributed by atoms with Gasteiger partial charge in [-0.05, 0) is 36.0 Å². The molecule has 2 fully saturated rings. The predicted octanol–water partition coefficient (Wildman–Crippen LogP) is 3.07. The van der Waals surface area contributed by atoms with Crippen molar-refractivity contribution in [2.75, 3.05) is 13.1 Å². The van der Waals surface area contributed by atoms with Gasteiger partial charge in [-0.25, -0.2) is 4.39 Å². The molecule has 4 rings (SSSR count). The number of halogens is 1. The van der Waals surface area contributed by atoms with E-state index in [1.54, 1.807) is 12.4 Å². The number of amides is 1. The minimum atomic E-state index is -0.294. The number of hydrogen-bond donors (Lipinski definition) is 0. The summed E-state index contributed by atoms with van der Waals surface area (Å²) in [6.45, 7) is 1.46. The summed E-state index contributed by atoms with van der Waals surface area (Å²) in [4.78, 5) is 14.9. The molecular weight excluding hydrogens is 331 g/mol. The lowest BCUT2D eigenvalue weighted by atomic mass is 9.67. The van der Waals surface area contributed by atoms with Gasteiger partial charge in [-0.3, -0.25) is 4.79 Å². The summed E-state index contributed by atoms with van der Waals surface area (Å²) in [6.07, 6.45) is 7.94. The molecule has 1 aromatic heterocycles. The van der Waals surface area contributed by atoms with Gasteiger partial charge in [0.15, 0.2) is 0 Å². The zero-order valence-electron chi connectivity index (χ0n) is 15.2. The lowest BCUT2D eigenvalue weighted by molar-refractivity contribution is -0.129. The first-order valence-corrected chi connectivity index (χ1v) is 9.43. The maximum Gasteiger partial charge on any atom is 0.227 e. The van der Waals surface area contributed by atoms with Gasteiger partial charge in [-0.15, -0.1) is 10.2 Å². The molecule has 1 atom stereocenters. The van der Waals surface area contributed by atoms with Crippen molar-refractivity contribution in [1.82, 2.24) is 19.7 Å². The Balaban J connectivity index is 1.56. The molecule has 1 aliphatic carbocycles. The van der Waals surface area contributed by atoms with E-state index >= 15 is 0 Å². The average Bonchev–Trinajstić information content (AvgIpc) is 3.19. The van der Waals surface area contributed by atoms with Crippen molar-refractivity contribution < 1.29 is 9.18 Å². The van der Waals surface area contributed by atoms with Crippen LogP contribution in [0.2, 0.25) is 0 Å². The van der Waals surface area contributed by atoms with Gasteiger partial charge in [-0.1, -0.05) is 31.4 Å². The van der Waals surface area contributed by atoms with Crippen LogP contribution < -0.4 is 0 Å². The maximum absolute atomic E-state index is 13.4. The van der Waals surface area contributed by atoms with Crippen molar-refractivity contribution in [1.29, 1.82) is 0 Å². The number of carbonyl (C=O) groups is 1. The molecule has 0 radical (unpaired) electrons. The van der Waals surface area contributed by atoms with E-state index in [1.165, 1.54) is 31.4 Å². The topological polar surface area (TPSA) is 51.0 Å². The molecule has 0 N–H and O–H groups in total. The summed E-state index contributed by atoms with van der Waals surface area (Å²) in [6, 6.07) is 6.33. The summed E-state index contributed by atoms with van der Waals surface area (Å²) in [5, 5.41) is 8.42. The Morgan fingerprint density at radius 2 is 2.12 bits per heavy atom. The van der Waals surface area contributed by atoms with E-state index in [4.69, 9.17) is 0 Å². The molecule has 0 bridgehead atoms. The molecule has 5 nitrogen and oxygen atoms in total. The van der Waals surface area contributed by atoms with Gasteiger partial charge in [0.1, 0.15) is 18.0 Å². The third kappa shape index (κ3) is 3.13. The maximum atomic E-state index is 13.4. The van der Waals surface area contributed by atoms with Gasteiger partial charge in [0, 0.05) is 26.1 Å². The third-order valence-corrected chi connectivity index (χ3v) is 6.15. The highest BCUT2D eigenvalue weighted by Gasteiger charge is 2.50. The van der Waals surface area contributed by atoms with Crippen LogP contribution in [-0.4, -0.2) is 38.7 Å². The molecule has 6 heteroatoms. The number of aromatic nitrogens is 3. The number of nitrogens with zero attached hydrogens (tertiary/aromatic N) is 4. The van der Waals surface area contributed by atoms with Gasteiger partial charge in [0.05, 0.1) is 6.42 Å². The summed E-state index contributed by atoms with van der Waals surface area (Å²) in [5.41, 5.74) is 0.839. The number of likely N-dealkylation sites (tertiary alicyclic amines) is 1. The molecule has 1 amide bonds. The fourth-order valence-electron chi connectivity index (χ4n) is 4.82. The van der Waals surface area contributed by atoms with Crippen LogP contribution in [0.4, 0.5) is 4.39 Å². The van der Waals surface area contributed by atoms with Gasteiger partial charge in [0.25, 0.3) is 0 Å². The second-order valence-electron chi connectivity index (χ2n) is 7.86. The Bertz CT molecular complexity index is 797. The lowest BCUT2D eigenvalue weighted by Gasteiger charge is -2.37. The van der Waals surface area contributed by atoms with Crippen LogP contribution in [0.15, 0.2) is 30.6 Å². The number of aryl methyl sites for hydroxylation is 1. The highest BCUT2D eigenvalue weighted by Crippen LogP contribution is 2.51. The Morgan fingerprint density at radius 3 is 2.81 bits per heavy atom. The monoisotopic (exact) mass is 356 g/mol. The van der Waals surface area contributed by atoms with Gasteiger partial charge in [0.2, 0.25) is 5.91 Å². The van der Waals surface area contributed by atoms with Crippen molar-refractivity contribution in [3.8, 4) is 0 Å². The van der Waals surface area contributed by atoms with Gasteiger partial charge in [-0.2, -0.15) is 0 Å². The predicted molar refractivity (Wildman–Crippen MR) is 95.9 cm³/mol. The van der Waals surface area contributed by atoms with Crippen molar-refractivity contribution in [2.45, 2.75) is 44.4 Å². The smallest absolute Gasteiger partial charge is 0.227 e. The van der Waals surface area contributed by atoms with E-state index in [0.717, 1.165) is 30.8 Å². The molecule has 1 saturated carbocycles. The second-order valence-corrected chi connectivity index (χ2v) is 7.86. The SMILES string of the molecule is Cn1cnnc1C1CN(C(=O)Cc2cccc(F)c2)CC12CCCCC2. The minimum Gasteiger partial charge on any atom is -0.341 e. The molecule has 26 heavy (non-hydrogen) atoms. The molecule has 2 aromatic rings. The van der Waals surface area contributed by atoms with E-state index in [1.807, 2.05) is 22.6 Å². The molecular formula is C20H25FN4O. The molecule has 1 unspecified atom stereocenters. The zero-order valence-corrected chi connectivity index (χ0v) is 15.2. The minimum absolute atomic E-state index is 0.0743. The first-order valence-electron chi connectivity index (χ1n) is 9.43. The summed E-state index contributed by atoms with van der Waals surface area (Å²) >= 11 is 0. The van der Waals surface area contributed by atoms with Crippen LogP contribution in [0, 0.1) is 11.2 Å². The number of rotatable bonds is 3. The molecule has 1 spiro atoms. The Kier molecular flexibility index (Phi) is 4.51. The first kappa shape index (κ1) is 17.2. The van der Waals surface area contributed by atoms with E-state index in [0.29, 0.717) is 6.54 Å². The fourth-order valence-corrected chi connectivity index (χ4v) is 4.82. The molecule has 138 valence electrons. The lowest BCUT2D eigenvalue weighted by Crippen LogP contribution is -2.35. The second kappa shape index (κ2) is 6.82. The summed E-state index contributed by atoms with van der Waals surface area (Å²) in [5.74, 6) is 0.988. The highest BCUT2D eigenvalue weighted by molar-refractivity contribution is 5.79. The van der Waals surface area contributed by atoms with Crippen LogP contribution in [0.1, 0.15) is 49.4 Å². The standard InChI is InChI=1S/C20H25FN4O/c1-24-14-22-23-19(24)17-12-25(13-20(17)8-3-2-4-9-20)18(26)11-15-6-5-7-16(21)10-15/h5-7,10,14,17H,2-4,8-9,11-13H2,1H3. The van der Waals surface area contributed by atoms with E-state index < -0.39 is 0 Å².